The Kier molecular flexibility index (Phi) is 241. The Morgan fingerprint density at radius 3 is 0.759 bits per heavy atom. The number of Topliss-reactive ketones (excluding diaryl/α,β-unsaturated/α-hetero) is 2. The highest BCUT2D eigenvalue weighted by atomic mass is 32.2. The highest BCUT2D eigenvalue weighted by Crippen LogP contribution is 2.45. The maximum Gasteiger partial charge on any atom is 0.320 e. The molecule has 39 nitrogen and oxygen atoms in total. The zero-order chi connectivity index (χ0) is 84.5. The van der Waals surface area contributed by atoms with Crippen molar-refractivity contribution >= 4 is 93.3 Å². The van der Waals surface area contributed by atoms with Crippen LogP contribution in [-0.4, -0.2) is 329 Å². The number of phosphoric ester groups is 1. The first-order valence-corrected chi connectivity index (χ1v) is 44.5. The van der Waals surface area contributed by atoms with Gasteiger partial charge in [-0.3, -0.25) is 18.7 Å². The van der Waals surface area contributed by atoms with Gasteiger partial charge in [0.1, 0.15) is 55.5 Å². The van der Waals surface area contributed by atoms with Crippen molar-refractivity contribution in [2.24, 2.45) is 0 Å². The molecule has 1 atom stereocenters. The third-order valence-electron chi connectivity index (χ3n) is 10.6. The lowest BCUT2D eigenvalue weighted by atomic mass is 10.3. The van der Waals surface area contributed by atoms with E-state index in [9.17, 15) is 113 Å². The van der Waals surface area contributed by atoms with Gasteiger partial charge in [-0.1, -0.05) is 223 Å². The number of aryl methyl sites for hydroxylation is 2. The minimum Gasteiger partial charge on any atom is -0.756 e. The van der Waals surface area contributed by atoms with Crippen molar-refractivity contribution in [2.75, 3.05) is 215 Å². The van der Waals surface area contributed by atoms with Crippen molar-refractivity contribution in [3.63, 3.8) is 0 Å². The predicted octanol–water partition coefficient (Wildman–Crippen LogP) is 15.6. The van der Waals surface area contributed by atoms with Crippen molar-refractivity contribution in [2.45, 2.75) is 297 Å². The average molecular weight is 2140 g/mol. The van der Waals surface area contributed by atoms with E-state index < -0.39 is 105 Å². The van der Waals surface area contributed by atoms with Crippen LogP contribution in [0.15, 0.2) is 49.1 Å². The van der Waals surface area contributed by atoms with Crippen LogP contribution in [0, 0.1) is 19.1 Å². The standard InChI is InChI=1S/C7H9NO4S.C7H9NO3S.C6H16NO4P.C6H13NO2.C6H14NO.C6H14OP.2C5H13NO3S.C4H11NO.C2H6O5S.C2H6O4S.30CH4/c1-7-2-4-8(5-3-7)6-13(10,11)12-9;1-7-2-4-8(5-3-7)6-12(9,10)11;1-5-10-12(8,9)11-6-7(2,3)4;1-4-7(2,3)5-6(8)9;1-6(8)5-7(2,3)4;1-6(7)5-8(2,3)4;2*1-4-6(2,3)5-10(7,8)9;1-4-5(2,3)6;1-6-2-8(4,5)7-3;1-6-2-7(3,4)5;;;;;;;;;;;;;;;;;;;;;;;;;;;;;;/h2-5H,6H2,1H3;2-5H,6H2,1H3;5-6H2,1-4H3;4-5H2,1-3H3;2*5H2,1-4H3;2*4-5H2,1-3H3;4H2,1-3H3;3H,2H2,1H3;2H2,1H3,(H,3,4,5);30*1H4/q;;;;2*+1;;;;;;;;;;;;;;;;;;;;;;;;;;;;;;;;;;;/p-2. The van der Waals surface area contributed by atoms with E-state index in [1.54, 1.807) is 112 Å². The molecule has 47 heteroatoms. The zero-order valence-corrected chi connectivity index (χ0v) is 72.0. The van der Waals surface area contributed by atoms with Gasteiger partial charge in [-0.05, 0) is 66.5 Å². The monoisotopic (exact) mass is 2140 g/mol. The van der Waals surface area contributed by atoms with Crippen molar-refractivity contribution in [3.05, 3.63) is 65.4 Å². The summed E-state index contributed by atoms with van der Waals surface area (Å²) in [6.45, 7) is 26.3. The Morgan fingerprint density at radius 2 is 0.647 bits per heavy atom. The lowest BCUT2D eigenvalue weighted by molar-refractivity contribution is -0.887. The van der Waals surface area contributed by atoms with Crippen LogP contribution in [0.2, 0.25) is 0 Å². The quantitative estimate of drug-likeness (QED) is 0.0139. The Balaban J connectivity index is -0.0000000194. The number of ether oxygens (including phenoxy) is 2. The fourth-order valence-corrected chi connectivity index (χ4v) is 11.2. The number of carboxylic acids is 1. The van der Waals surface area contributed by atoms with E-state index in [0.717, 1.165) is 42.5 Å². The van der Waals surface area contributed by atoms with E-state index in [0.29, 0.717) is 40.9 Å². The number of likely N-dealkylation sites (N-methyl/N-ethyl adjacent to an activating group) is 2. The molecular weight excluding hydrogens is 1900 g/mol. The molecule has 0 aromatic carbocycles. The molecule has 858 valence electrons. The number of nitrogens with zero attached hydrogens (tertiary/aromatic N) is 8. The number of quaternary nitrogens is 6. The van der Waals surface area contributed by atoms with Crippen LogP contribution in [0.1, 0.15) is 282 Å². The molecule has 0 spiro atoms. The Morgan fingerprint density at radius 1 is 0.391 bits per heavy atom. The molecule has 0 aliphatic carbocycles. The first-order valence-electron chi connectivity index (χ1n) is 30.3. The number of ketones is 2. The largest absolute Gasteiger partial charge is 0.756 e. The summed E-state index contributed by atoms with van der Waals surface area (Å²) < 4.78 is 201. The SMILES string of the molecule is C.C.C.C.C.C.C.C.C.C.C.C.C.C.C.C.C.C.C.C.C.C.C.C.C.C.C.C.C.C.CC(=O)C[N+](C)(C)C.CC(=O)C[P+](C)(C)C.CCOP(=O)([O-])OC[N+](C)(C)C.CC[N+](C)(C)CC(=O)[O-].CC[N+](C)(C)CS(=O)(=O)[O-].CC[N+](C)(C)CS(=O)(=O)[O-].CC[N+](C)(C)[O-].COCS(=O)(=O)O[O-].COCS(=O)(=O)[O-].Cc1cc[n+](CS(=O)(=O)O[O-])cc1.Cc1cc[n+](CS(=O)(=O)[O-])cc1. The fraction of sp³-hybridized carbons (Fsp3) is 0.849. The van der Waals surface area contributed by atoms with Gasteiger partial charge in [-0.15, -0.1) is 0 Å². The number of carboxylic acid groups (broad SMARTS) is 1. The number of carbonyl (C=O) groups is 3. The number of hydrogen-bond donors (Lipinski definition) is 0. The number of phosphoric acid groups is 1. The molecule has 133 heavy (non-hydrogen) atoms. The number of carbonyl (C=O) groups excluding carboxylic acids is 3. The lowest BCUT2D eigenvalue weighted by Gasteiger charge is -2.31. The number of rotatable bonds is 29. The molecule has 0 N–H and O–H groups in total. The van der Waals surface area contributed by atoms with E-state index in [2.05, 4.69) is 47.2 Å². The topological polar surface area (TPSA) is 544 Å². The Hall–Kier alpha value is -3.33. The van der Waals surface area contributed by atoms with E-state index >= 15 is 0 Å². The predicted molar refractivity (Wildman–Crippen MR) is 578 cm³/mol. The molecule has 0 amide bonds. The molecule has 0 bridgehead atoms. The van der Waals surface area contributed by atoms with Crippen molar-refractivity contribution < 1.29 is 172 Å². The number of aromatic nitrogens is 2. The first-order chi connectivity index (χ1) is 45.4. The van der Waals surface area contributed by atoms with Gasteiger partial charge in [0.15, 0.2) is 70.9 Å². The van der Waals surface area contributed by atoms with Gasteiger partial charge in [0.05, 0.1) is 137 Å². The number of aliphatic carboxylic acids is 1. The molecule has 0 aliphatic rings. The second kappa shape index (κ2) is 123. The molecule has 2 aromatic heterocycles. The van der Waals surface area contributed by atoms with Gasteiger partial charge in [-0.2, -0.15) is 26.0 Å². The van der Waals surface area contributed by atoms with Gasteiger partial charge in [0.25, 0.3) is 23.8 Å². The average Bonchev–Trinajstić information content (AvgIpc) is 0.903. The fourth-order valence-electron chi connectivity index (χ4n) is 5.21. The summed E-state index contributed by atoms with van der Waals surface area (Å²) >= 11 is 0. The Bertz CT molecular complexity index is 3330. The summed E-state index contributed by atoms with van der Waals surface area (Å²) in [7, 11) is -1.71. The second-order valence-corrected chi connectivity index (χ2v) is 42.3. The normalized spacial score (nSPS) is 9.80. The van der Waals surface area contributed by atoms with Crippen molar-refractivity contribution in [1.82, 2.24) is 0 Å². The van der Waals surface area contributed by atoms with Gasteiger partial charge in [-0.25, -0.2) is 33.7 Å². The molecule has 2 aromatic rings. The van der Waals surface area contributed by atoms with Crippen molar-refractivity contribution in [3.8, 4) is 0 Å². The summed E-state index contributed by atoms with van der Waals surface area (Å²) in [6, 6.07) is 6.96. The highest BCUT2D eigenvalue weighted by molar-refractivity contribution is 7.86. The summed E-state index contributed by atoms with van der Waals surface area (Å²) in [4.78, 5) is 41.8. The van der Waals surface area contributed by atoms with Crippen LogP contribution in [0.3, 0.4) is 0 Å². The second-order valence-electron chi connectivity index (χ2n) is 27.5. The van der Waals surface area contributed by atoms with E-state index in [-0.39, 0.29) is 274 Å². The first kappa shape index (κ1) is 261. The smallest absolute Gasteiger partial charge is 0.320 e. The minimum atomic E-state index is -4.18. The lowest BCUT2D eigenvalue weighted by Crippen LogP contribution is -2.47. The van der Waals surface area contributed by atoms with Gasteiger partial charge >= 0.3 is 10.1 Å². The number of pyridine rings is 2. The van der Waals surface area contributed by atoms with Crippen molar-refractivity contribution in [1.29, 1.82) is 0 Å². The van der Waals surface area contributed by atoms with Crippen LogP contribution < -0.4 is 29.6 Å². The Labute approximate surface area is 837 Å². The van der Waals surface area contributed by atoms with Crippen LogP contribution in [0.4, 0.5) is 0 Å². The maximum atomic E-state index is 10.9. The third-order valence-corrected chi connectivity index (χ3v) is 17.8. The van der Waals surface area contributed by atoms with Crippen LogP contribution in [0.25, 0.3) is 0 Å². The number of hydrogen-bond acceptors (Lipinski definition) is 31. The summed E-state index contributed by atoms with van der Waals surface area (Å²) in [5.74, 6) is -3.48. The maximum absolute atomic E-state index is 10.9. The highest BCUT2D eigenvalue weighted by Gasteiger charge is 2.20. The molecule has 0 fully saturated rings. The molecule has 0 aliphatic heterocycles. The molecule has 0 radical (unpaired) electrons. The van der Waals surface area contributed by atoms with Gasteiger partial charge in [0.2, 0.25) is 5.88 Å². The molecule has 2 heterocycles. The van der Waals surface area contributed by atoms with Crippen LogP contribution in [0.5, 0.6) is 0 Å². The molecule has 0 saturated heterocycles. The molecule has 1 unspecified atom stereocenters. The molecular formula is C86H242N8O31P2S6. The van der Waals surface area contributed by atoms with Gasteiger partial charge in [0, 0.05) is 72.7 Å². The summed E-state index contributed by atoms with van der Waals surface area (Å²) in [5, 5.41) is 39.4. The molecule has 0 saturated carbocycles. The third kappa shape index (κ3) is 251. The van der Waals surface area contributed by atoms with Crippen LogP contribution >= 0.6 is 15.1 Å². The number of methoxy groups -OCH3 is 2. The van der Waals surface area contributed by atoms with E-state index in [4.69, 9.17) is 0 Å². The molecule has 2 rings (SSSR count). The minimum absolute atomic E-state index is 0. The van der Waals surface area contributed by atoms with Gasteiger partial charge < -0.3 is 98.5 Å². The van der Waals surface area contributed by atoms with E-state index in [1.165, 1.54) is 9.13 Å². The van der Waals surface area contributed by atoms with E-state index in [1.807, 2.05) is 97.9 Å². The summed E-state index contributed by atoms with van der Waals surface area (Å²) in [6.07, 6.45) is 7.04. The van der Waals surface area contributed by atoms with Crippen LogP contribution in [-0.2, 0) is 119 Å². The summed E-state index contributed by atoms with van der Waals surface area (Å²) in [5.41, 5.74) is 2.03. The zero-order valence-electron chi connectivity index (χ0n) is 65.3. The number of hydroxylamine groups is 3.